The van der Waals surface area contributed by atoms with E-state index in [2.05, 4.69) is 10.6 Å². The maximum Gasteiger partial charge on any atom is 0.360 e. The van der Waals surface area contributed by atoms with Crippen molar-refractivity contribution in [3.63, 3.8) is 0 Å². The second-order valence-corrected chi connectivity index (χ2v) is 6.18. The Kier molecular flexibility index (Phi) is 5.21. The quantitative estimate of drug-likeness (QED) is 0.607. The number of ether oxygens (including phenoxy) is 3. The Bertz CT molecular complexity index is 942. The number of fused-ring (bicyclic) bond motifs is 1. The van der Waals surface area contributed by atoms with Crippen LogP contribution in [-0.4, -0.2) is 37.1 Å². The van der Waals surface area contributed by atoms with Crippen molar-refractivity contribution in [3.8, 4) is 11.5 Å². The summed E-state index contributed by atoms with van der Waals surface area (Å²) in [6.45, 7) is 3.09. The molecule has 8 nitrogen and oxygen atoms in total. The van der Waals surface area contributed by atoms with Gasteiger partial charge in [0.15, 0.2) is 0 Å². The molecule has 2 aromatic carbocycles. The maximum atomic E-state index is 12.6. The molecule has 1 aliphatic rings. The number of benzene rings is 2. The monoisotopic (exact) mass is 384 g/mol. The number of rotatable bonds is 5. The zero-order valence-electron chi connectivity index (χ0n) is 15.7. The lowest BCUT2D eigenvalue weighted by Crippen LogP contribution is -2.55. The van der Waals surface area contributed by atoms with Crippen molar-refractivity contribution in [3.05, 3.63) is 48.0 Å². The Hall–Kier alpha value is -3.55. The van der Waals surface area contributed by atoms with Gasteiger partial charge in [0.25, 0.3) is 17.4 Å². The lowest BCUT2D eigenvalue weighted by atomic mass is 10.0. The first kappa shape index (κ1) is 19.2. The average molecular weight is 384 g/mol. The van der Waals surface area contributed by atoms with Gasteiger partial charge in [-0.1, -0.05) is 12.1 Å². The van der Waals surface area contributed by atoms with E-state index in [0.29, 0.717) is 22.7 Å². The molecule has 0 radical (unpaired) electrons. The molecule has 1 atom stereocenters. The molecule has 2 N–H and O–H groups in total. The van der Waals surface area contributed by atoms with E-state index in [0.717, 1.165) is 0 Å². The molecule has 0 aromatic heterocycles. The molecular weight excluding hydrogens is 364 g/mol. The summed E-state index contributed by atoms with van der Waals surface area (Å²) < 4.78 is 15.8. The first-order valence-corrected chi connectivity index (χ1v) is 8.65. The lowest BCUT2D eigenvalue weighted by molar-refractivity contribution is -0.165. The highest BCUT2D eigenvalue weighted by Gasteiger charge is 2.48. The minimum absolute atomic E-state index is 0.118. The van der Waals surface area contributed by atoms with Gasteiger partial charge in [-0.2, -0.15) is 0 Å². The highest BCUT2D eigenvalue weighted by molar-refractivity contribution is 6.14. The first-order chi connectivity index (χ1) is 13.4. The molecule has 1 heterocycles. The molecule has 3 rings (SSSR count). The summed E-state index contributed by atoms with van der Waals surface area (Å²) in [5.74, 6) is -1.10. The highest BCUT2D eigenvalue weighted by atomic mass is 16.6. The van der Waals surface area contributed by atoms with Gasteiger partial charge in [0, 0.05) is 11.8 Å². The van der Waals surface area contributed by atoms with Crippen LogP contribution in [0.1, 0.15) is 24.2 Å². The number of amides is 2. The maximum absolute atomic E-state index is 12.6. The smallest absolute Gasteiger partial charge is 0.360 e. The largest absolute Gasteiger partial charge is 0.496 e. The Balaban J connectivity index is 1.85. The van der Waals surface area contributed by atoms with Crippen LogP contribution in [0.2, 0.25) is 0 Å². The predicted molar refractivity (Wildman–Crippen MR) is 102 cm³/mol. The molecule has 0 spiro atoms. The van der Waals surface area contributed by atoms with Gasteiger partial charge >= 0.3 is 5.97 Å². The fourth-order valence-electron chi connectivity index (χ4n) is 2.73. The number of para-hydroxylation sites is 1. The van der Waals surface area contributed by atoms with Crippen LogP contribution in [0.3, 0.4) is 0 Å². The normalized spacial score (nSPS) is 17.6. The SMILES string of the molecule is CCOC(=O)C1(C)Oc2cc(NC(=O)c3ccccc3OC)ccc2NC1=O. The predicted octanol–water partition coefficient (Wildman–Crippen LogP) is 2.60. The Morgan fingerprint density at radius 1 is 1.21 bits per heavy atom. The standard InChI is InChI=1S/C20H20N2O6/c1-4-27-19(25)20(2)18(24)22-14-10-9-12(11-16(14)28-20)21-17(23)13-7-5-6-8-15(13)26-3/h5-11H,4H2,1-3H3,(H,21,23)(H,22,24). The summed E-state index contributed by atoms with van der Waals surface area (Å²) >= 11 is 0. The average Bonchev–Trinajstić information content (AvgIpc) is 2.69. The fourth-order valence-corrected chi connectivity index (χ4v) is 2.73. The van der Waals surface area contributed by atoms with Gasteiger partial charge in [-0.3, -0.25) is 9.59 Å². The number of carbonyl (C=O) groups excluding carboxylic acids is 3. The van der Waals surface area contributed by atoms with E-state index in [9.17, 15) is 14.4 Å². The summed E-state index contributed by atoms with van der Waals surface area (Å²) in [5, 5.41) is 5.37. The summed E-state index contributed by atoms with van der Waals surface area (Å²) in [5.41, 5.74) is -0.624. The number of hydrogen-bond donors (Lipinski definition) is 2. The van der Waals surface area contributed by atoms with E-state index in [-0.39, 0.29) is 18.3 Å². The van der Waals surface area contributed by atoms with Crippen molar-refractivity contribution in [2.24, 2.45) is 0 Å². The van der Waals surface area contributed by atoms with E-state index in [1.54, 1.807) is 43.3 Å². The molecular formula is C20H20N2O6. The van der Waals surface area contributed by atoms with Crippen molar-refractivity contribution < 1.29 is 28.6 Å². The minimum atomic E-state index is -1.81. The third-order valence-electron chi connectivity index (χ3n) is 4.25. The molecule has 2 aromatic rings. The van der Waals surface area contributed by atoms with Crippen LogP contribution in [0.15, 0.2) is 42.5 Å². The van der Waals surface area contributed by atoms with E-state index in [1.807, 2.05) is 0 Å². The van der Waals surface area contributed by atoms with Crippen LogP contribution in [0.25, 0.3) is 0 Å². The van der Waals surface area contributed by atoms with Gasteiger partial charge in [0.2, 0.25) is 0 Å². The summed E-state index contributed by atoms with van der Waals surface area (Å²) in [4.78, 5) is 37.0. The van der Waals surface area contributed by atoms with Crippen LogP contribution >= 0.6 is 0 Å². The zero-order chi connectivity index (χ0) is 20.3. The highest BCUT2D eigenvalue weighted by Crippen LogP contribution is 2.36. The second kappa shape index (κ2) is 7.59. The zero-order valence-corrected chi connectivity index (χ0v) is 15.7. The fraction of sp³-hybridized carbons (Fsp3) is 0.250. The van der Waals surface area contributed by atoms with Crippen LogP contribution in [-0.2, 0) is 14.3 Å². The number of carbonyl (C=O) groups is 3. The number of hydrogen-bond acceptors (Lipinski definition) is 6. The summed E-state index contributed by atoms with van der Waals surface area (Å²) in [7, 11) is 1.48. The second-order valence-electron chi connectivity index (χ2n) is 6.18. The van der Waals surface area contributed by atoms with Gasteiger partial charge in [-0.05, 0) is 38.1 Å². The van der Waals surface area contributed by atoms with Crippen LogP contribution in [0.5, 0.6) is 11.5 Å². The van der Waals surface area contributed by atoms with Gasteiger partial charge in [-0.25, -0.2) is 4.79 Å². The molecule has 1 aliphatic heterocycles. The molecule has 146 valence electrons. The number of esters is 1. The molecule has 0 saturated heterocycles. The van der Waals surface area contributed by atoms with Gasteiger partial charge < -0.3 is 24.8 Å². The van der Waals surface area contributed by atoms with Crippen molar-refractivity contribution in [2.45, 2.75) is 19.4 Å². The number of anilines is 2. The number of nitrogens with one attached hydrogen (secondary N) is 2. The van der Waals surface area contributed by atoms with Crippen molar-refractivity contribution in [1.82, 2.24) is 0 Å². The molecule has 28 heavy (non-hydrogen) atoms. The van der Waals surface area contributed by atoms with E-state index in [1.165, 1.54) is 20.1 Å². The third kappa shape index (κ3) is 3.48. The molecule has 0 aliphatic carbocycles. The lowest BCUT2D eigenvalue weighted by Gasteiger charge is -2.32. The van der Waals surface area contributed by atoms with Gasteiger partial charge in [0.1, 0.15) is 11.5 Å². The molecule has 8 heteroatoms. The van der Waals surface area contributed by atoms with Gasteiger partial charge in [-0.15, -0.1) is 0 Å². The summed E-state index contributed by atoms with van der Waals surface area (Å²) in [6, 6.07) is 11.5. The van der Waals surface area contributed by atoms with Crippen LogP contribution in [0.4, 0.5) is 11.4 Å². The molecule has 0 bridgehead atoms. The number of methoxy groups -OCH3 is 1. The van der Waals surface area contributed by atoms with Crippen molar-refractivity contribution >= 4 is 29.2 Å². The van der Waals surface area contributed by atoms with Crippen molar-refractivity contribution in [1.29, 1.82) is 0 Å². The topological polar surface area (TPSA) is 103 Å². The van der Waals surface area contributed by atoms with Gasteiger partial charge in [0.05, 0.1) is 25.0 Å². The summed E-state index contributed by atoms with van der Waals surface area (Å²) in [6.07, 6.45) is 0. The van der Waals surface area contributed by atoms with E-state index in [4.69, 9.17) is 14.2 Å². The van der Waals surface area contributed by atoms with Crippen LogP contribution in [0, 0.1) is 0 Å². The Morgan fingerprint density at radius 3 is 2.68 bits per heavy atom. The minimum Gasteiger partial charge on any atom is -0.496 e. The van der Waals surface area contributed by atoms with Crippen LogP contribution < -0.4 is 20.1 Å². The Morgan fingerprint density at radius 2 is 1.96 bits per heavy atom. The molecule has 0 saturated carbocycles. The van der Waals surface area contributed by atoms with Crippen molar-refractivity contribution in [2.75, 3.05) is 24.4 Å². The van der Waals surface area contributed by atoms with E-state index >= 15 is 0 Å². The molecule has 1 unspecified atom stereocenters. The Labute approximate surface area is 161 Å². The first-order valence-electron chi connectivity index (χ1n) is 8.65. The molecule has 0 fully saturated rings. The van der Waals surface area contributed by atoms with E-state index < -0.39 is 17.5 Å². The third-order valence-corrected chi connectivity index (χ3v) is 4.25. The molecule has 2 amide bonds.